The van der Waals surface area contributed by atoms with E-state index < -0.39 is 24.4 Å². The first-order valence-electron chi connectivity index (χ1n) is 3.68. The maximum atomic E-state index is 13.0. The number of alkyl halides is 3. The van der Waals surface area contributed by atoms with E-state index in [2.05, 4.69) is 9.97 Å². The molecule has 0 atom stereocenters. The van der Waals surface area contributed by atoms with Crippen LogP contribution in [0.5, 0.6) is 0 Å². The van der Waals surface area contributed by atoms with Crippen LogP contribution < -0.4 is 5.32 Å². The molecule has 1 heterocycles. The van der Waals surface area contributed by atoms with E-state index in [0.29, 0.717) is 0 Å². The van der Waals surface area contributed by atoms with Crippen molar-refractivity contribution in [1.29, 1.82) is 0 Å². The van der Waals surface area contributed by atoms with Gasteiger partial charge in [0.15, 0.2) is 11.6 Å². The minimum Gasteiger partial charge on any atom is -0.359 e. The molecule has 1 N–H and O–H groups in total. The average molecular weight is 209 g/mol. The molecule has 0 saturated heterocycles. The molecule has 78 valence electrons. The second kappa shape index (κ2) is 3.77. The lowest BCUT2D eigenvalue weighted by molar-refractivity contribution is -0.115. The highest BCUT2D eigenvalue weighted by Gasteiger charge is 2.27. The minimum atomic E-state index is -4.40. The molecule has 0 amide bonds. The molecule has 0 fully saturated rings. The smallest absolute Gasteiger partial charge is 0.359 e. The van der Waals surface area contributed by atoms with Crippen molar-refractivity contribution >= 4 is 5.82 Å². The molecule has 1 aromatic rings. The summed E-state index contributed by atoms with van der Waals surface area (Å²) in [5.74, 6) is -1.30. The van der Waals surface area contributed by atoms with Gasteiger partial charge in [-0.05, 0) is 6.92 Å². The molecule has 0 aliphatic heterocycles. The molecule has 0 aliphatic carbocycles. The fraction of sp³-hybridized carbons (Fsp3) is 0.429. The number of nitrogens with zero attached hydrogens (tertiary/aromatic N) is 2. The van der Waals surface area contributed by atoms with Crippen molar-refractivity contribution in [3.8, 4) is 0 Å². The number of halogens is 4. The highest BCUT2D eigenvalue weighted by molar-refractivity contribution is 5.36. The molecule has 0 spiro atoms. The third-order valence-electron chi connectivity index (χ3n) is 1.42. The molecular formula is C7H7F4N3. The number of hydrogen-bond acceptors (Lipinski definition) is 3. The zero-order valence-electron chi connectivity index (χ0n) is 7.19. The summed E-state index contributed by atoms with van der Waals surface area (Å²) in [4.78, 5) is 6.82. The van der Waals surface area contributed by atoms with Gasteiger partial charge in [0.2, 0.25) is 0 Å². The third kappa shape index (κ3) is 2.82. The summed E-state index contributed by atoms with van der Waals surface area (Å²) in [6.07, 6.45) is -3.40. The van der Waals surface area contributed by atoms with E-state index in [1.165, 1.54) is 6.92 Å². The standard InChI is InChI=1S/C7H7F4N3/c1-4-5(8)6(14-3-13-4)12-2-7(9,10)11/h3H,2H2,1H3,(H,12,13,14). The van der Waals surface area contributed by atoms with Crippen molar-refractivity contribution in [2.75, 3.05) is 11.9 Å². The van der Waals surface area contributed by atoms with Gasteiger partial charge in [-0.2, -0.15) is 13.2 Å². The first-order valence-corrected chi connectivity index (χ1v) is 3.68. The van der Waals surface area contributed by atoms with Crippen LogP contribution in [0.1, 0.15) is 5.69 Å². The normalized spacial score (nSPS) is 11.5. The Morgan fingerprint density at radius 3 is 2.57 bits per heavy atom. The van der Waals surface area contributed by atoms with Crippen molar-refractivity contribution in [2.45, 2.75) is 13.1 Å². The van der Waals surface area contributed by atoms with Crippen LogP contribution in [0.15, 0.2) is 6.33 Å². The zero-order valence-corrected chi connectivity index (χ0v) is 7.19. The molecular weight excluding hydrogens is 202 g/mol. The fourth-order valence-corrected chi connectivity index (χ4v) is 0.765. The van der Waals surface area contributed by atoms with E-state index in [-0.39, 0.29) is 5.69 Å². The van der Waals surface area contributed by atoms with Crippen LogP contribution in [0.4, 0.5) is 23.4 Å². The summed E-state index contributed by atoms with van der Waals surface area (Å²) in [6, 6.07) is 0. The van der Waals surface area contributed by atoms with Crippen LogP contribution in [0.25, 0.3) is 0 Å². The molecule has 1 aromatic heterocycles. The quantitative estimate of drug-likeness (QED) is 0.756. The summed E-state index contributed by atoms with van der Waals surface area (Å²) in [6.45, 7) is 0.0240. The van der Waals surface area contributed by atoms with Gasteiger partial charge in [-0.15, -0.1) is 0 Å². The van der Waals surface area contributed by atoms with Gasteiger partial charge in [0.05, 0.1) is 5.69 Å². The lowest BCUT2D eigenvalue weighted by Gasteiger charge is -2.09. The van der Waals surface area contributed by atoms with Crippen LogP contribution in [-0.4, -0.2) is 22.7 Å². The van der Waals surface area contributed by atoms with E-state index >= 15 is 0 Å². The van der Waals surface area contributed by atoms with Crippen molar-refractivity contribution in [2.24, 2.45) is 0 Å². The average Bonchev–Trinajstić information content (AvgIpc) is 2.06. The number of hydrogen-bond donors (Lipinski definition) is 1. The van der Waals surface area contributed by atoms with Crippen LogP contribution in [0.2, 0.25) is 0 Å². The van der Waals surface area contributed by atoms with Gasteiger partial charge in [-0.25, -0.2) is 14.4 Å². The van der Waals surface area contributed by atoms with Gasteiger partial charge >= 0.3 is 6.18 Å². The second-order valence-corrected chi connectivity index (χ2v) is 2.59. The maximum absolute atomic E-state index is 13.0. The molecule has 0 unspecified atom stereocenters. The summed E-state index contributed by atoms with van der Waals surface area (Å²) < 4.78 is 48.3. The fourth-order valence-electron chi connectivity index (χ4n) is 0.765. The van der Waals surface area contributed by atoms with Gasteiger partial charge < -0.3 is 5.32 Å². The van der Waals surface area contributed by atoms with Crippen molar-refractivity contribution in [3.63, 3.8) is 0 Å². The maximum Gasteiger partial charge on any atom is 0.405 e. The first-order chi connectivity index (χ1) is 6.40. The van der Waals surface area contributed by atoms with E-state index in [1.54, 1.807) is 0 Å². The lowest BCUT2D eigenvalue weighted by Crippen LogP contribution is -2.22. The van der Waals surface area contributed by atoms with Crippen LogP contribution in [-0.2, 0) is 0 Å². The number of nitrogens with one attached hydrogen (secondary N) is 1. The van der Waals surface area contributed by atoms with Gasteiger partial charge in [-0.1, -0.05) is 0 Å². The Labute approximate surface area is 77.2 Å². The molecule has 7 heteroatoms. The highest BCUT2D eigenvalue weighted by atomic mass is 19.4. The highest BCUT2D eigenvalue weighted by Crippen LogP contribution is 2.17. The van der Waals surface area contributed by atoms with Crippen molar-refractivity contribution in [3.05, 3.63) is 17.8 Å². The van der Waals surface area contributed by atoms with Gasteiger partial charge in [0, 0.05) is 0 Å². The van der Waals surface area contributed by atoms with Gasteiger partial charge in [-0.3, -0.25) is 0 Å². The molecule has 0 bridgehead atoms. The molecule has 3 nitrogen and oxygen atoms in total. The van der Waals surface area contributed by atoms with E-state index in [1.807, 2.05) is 5.32 Å². The SMILES string of the molecule is Cc1ncnc(NCC(F)(F)F)c1F. The molecule has 0 radical (unpaired) electrons. The number of rotatable bonds is 2. The molecule has 0 aliphatic rings. The van der Waals surface area contributed by atoms with Crippen LogP contribution >= 0.6 is 0 Å². The zero-order chi connectivity index (χ0) is 10.8. The summed E-state index contributed by atoms with van der Waals surface area (Å²) >= 11 is 0. The van der Waals surface area contributed by atoms with E-state index in [4.69, 9.17) is 0 Å². The summed E-state index contributed by atoms with van der Waals surface area (Å²) in [5.41, 5.74) is 0.00433. The number of aromatic nitrogens is 2. The third-order valence-corrected chi connectivity index (χ3v) is 1.42. The van der Waals surface area contributed by atoms with Crippen molar-refractivity contribution in [1.82, 2.24) is 9.97 Å². The summed E-state index contributed by atoms with van der Waals surface area (Å²) in [5, 5.41) is 1.84. The van der Waals surface area contributed by atoms with Gasteiger partial charge in [0.1, 0.15) is 12.9 Å². The first kappa shape index (κ1) is 10.7. The topological polar surface area (TPSA) is 37.8 Å². The van der Waals surface area contributed by atoms with Crippen molar-refractivity contribution < 1.29 is 17.6 Å². The number of aryl methyl sites for hydroxylation is 1. The largest absolute Gasteiger partial charge is 0.405 e. The van der Waals surface area contributed by atoms with Gasteiger partial charge in [0.25, 0.3) is 0 Å². The Bertz CT molecular complexity index is 323. The molecule has 0 aromatic carbocycles. The Morgan fingerprint density at radius 2 is 2.00 bits per heavy atom. The number of anilines is 1. The van der Waals surface area contributed by atoms with Crippen LogP contribution in [0.3, 0.4) is 0 Å². The minimum absolute atomic E-state index is 0.00433. The lowest BCUT2D eigenvalue weighted by atomic mass is 10.4. The summed E-state index contributed by atoms with van der Waals surface area (Å²) in [7, 11) is 0. The predicted octanol–water partition coefficient (Wildman–Crippen LogP) is 1.90. The molecule has 0 saturated carbocycles. The Kier molecular flexibility index (Phi) is 2.87. The molecule has 14 heavy (non-hydrogen) atoms. The Morgan fingerprint density at radius 1 is 1.36 bits per heavy atom. The monoisotopic (exact) mass is 209 g/mol. The Balaban J connectivity index is 2.73. The second-order valence-electron chi connectivity index (χ2n) is 2.59. The Hall–Kier alpha value is -1.40. The predicted molar refractivity (Wildman–Crippen MR) is 41.3 cm³/mol. The van der Waals surface area contributed by atoms with Crippen LogP contribution in [0, 0.1) is 12.7 Å². The molecule has 1 rings (SSSR count). The van der Waals surface area contributed by atoms with E-state index in [9.17, 15) is 17.6 Å². The van der Waals surface area contributed by atoms with E-state index in [0.717, 1.165) is 6.33 Å².